The van der Waals surface area contributed by atoms with Gasteiger partial charge in [0.05, 0.1) is 37.8 Å². The van der Waals surface area contributed by atoms with Crippen molar-refractivity contribution in [2.75, 3.05) is 11.9 Å². The van der Waals surface area contributed by atoms with Crippen LogP contribution >= 0.6 is 0 Å². The van der Waals surface area contributed by atoms with E-state index in [0.29, 0.717) is 24.4 Å². The molecular formula is C27H28N4O5. The number of carbonyl (C=O) groups excluding carboxylic acids is 2. The first-order chi connectivity index (χ1) is 17.6. The third-order valence-corrected chi connectivity index (χ3v) is 6.50. The summed E-state index contributed by atoms with van der Waals surface area (Å²) < 4.78 is 12.2. The summed E-state index contributed by atoms with van der Waals surface area (Å²) in [6.07, 6.45) is 4.73. The van der Waals surface area contributed by atoms with Gasteiger partial charge < -0.3 is 25.2 Å². The Labute approximate surface area is 208 Å². The van der Waals surface area contributed by atoms with Gasteiger partial charge in [-0.1, -0.05) is 6.07 Å². The van der Waals surface area contributed by atoms with Crippen LogP contribution in [0.15, 0.2) is 67.1 Å². The number of amides is 2. The molecule has 5 rings (SSSR count). The number of carbonyl (C=O) groups is 2. The van der Waals surface area contributed by atoms with Crippen molar-refractivity contribution in [3.63, 3.8) is 0 Å². The molecule has 0 radical (unpaired) electrons. The topological polar surface area (TPSA) is 123 Å². The van der Waals surface area contributed by atoms with Crippen LogP contribution in [-0.2, 0) is 27.3 Å². The molecule has 2 aliphatic rings. The lowest BCUT2D eigenvalue weighted by Crippen LogP contribution is -2.47. The third kappa shape index (κ3) is 5.53. The molecule has 0 spiro atoms. The molecule has 0 unspecified atom stereocenters. The van der Waals surface area contributed by atoms with Gasteiger partial charge in [0.1, 0.15) is 18.0 Å². The van der Waals surface area contributed by atoms with Crippen molar-refractivity contribution in [1.29, 1.82) is 0 Å². The molecular weight excluding hydrogens is 460 g/mol. The fourth-order valence-electron chi connectivity index (χ4n) is 4.83. The van der Waals surface area contributed by atoms with Gasteiger partial charge in [-0.05, 0) is 54.4 Å². The zero-order chi connectivity index (χ0) is 24.9. The summed E-state index contributed by atoms with van der Waals surface area (Å²) in [4.78, 5) is 33.3. The predicted octanol–water partition coefficient (Wildman–Crippen LogP) is 2.36. The normalized spacial score (nSPS) is 22.1. The smallest absolute Gasteiger partial charge is 0.228 e. The third-order valence-electron chi connectivity index (χ3n) is 6.50. The zero-order valence-electron chi connectivity index (χ0n) is 19.7. The quantitative estimate of drug-likeness (QED) is 0.445. The Morgan fingerprint density at radius 1 is 1.06 bits per heavy atom. The van der Waals surface area contributed by atoms with E-state index < -0.39 is 6.10 Å². The number of nitrogens with zero attached hydrogens (tertiary/aromatic N) is 2. The second-order valence-corrected chi connectivity index (χ2v) is 9.04. The Kier molecular flexibility index (Phi) is 7.20. The molecule has 1 saturated heterocycles. The minimum atomic E-state index is -0.547. The van der Waals surface area contributed by atoms with Crippen LogP contribution in [0, 0.1) is 0 Å². The van der Waals surface area contributed by atoms with Gasteiger partial charge in [0.2, 0.25) is 11.8 Å². The minimum Gasteiger partial charge on any atom is -0.487 e. The number of anilines is 1. The number of aromatic nitrogens is 2. The monoisotopic (exact) mass is 488 g/mol. The van der Waals surface area contributed by atoms with E-state index in [2.05, 4.69) is 20.6 Å². The number of ether oxygens (including phenoxy) is 2. The minimum absolute atomic E-state index is 0.0588. The van der Waals surface area contributed by atoms with Crippen molar-refractivity contribution in [2.24, 2.45) is 0 Å². The molecule has 3 N–H and O–H groups in total. The number of aliphatic hydroxyl groups is 1. The SMILES string of the molecule is O=C(C[C@@H]1C[C@@H]2c3cc(NC(=O)Cc4ccncc4)ccc3O[C@@H]2[C@@H](CO)O1)NCc1ccccn1. The van der Waals surface area contributed by atoms with Gasteiger partial charge in [-0.15, -0.1) is 0 Å². The van der Waals surface area contributed by atoms with Gasteiger partial charge in [-0.2, -0.15) is 0 Å². The second kappa shape index (κ2) is 10.8. The summed E-state index contributed by atoms with van der Waals surface area (Å²) >= 11 is 0. The van der Waals surface area contributed by atoms with E-state index in [9.17, 15) is 14.7 Å². The van der Waals surface area contributed by atoms with Gasteiger partial charge in [-0.25, -0.2) is 0 Å². The molecule has 4 atom stereocenters. The van der Waals surface area contributed by atoms with Crippen LogP contribution in [0.1, 0.15) is 35.6 Å². The second-order valence-electron chi connectivity index (χ2n) is 9.04. The summed E-state index contributed by atoms with van der Waals surface area (Å²) in [5.41, 5.74) is 3.28. The number of fused-ring (bicyclic) bond motifs is 3. The maximum absolute atomic E-state index is 12.6. The number of hydrogen-bond donors (Lipinski definition) is 3. The van der Waals surface area contributed by atoms with Gasteiger partial charge in [0.25, 0.3) is 0 Å². The van der Waals surface area contributed by atoms with Gasteiger partial charge in [0.15, 0.2) is 0 Å². The standard InChI is InChI=1S/C27H28N4O5/c32-16-24-27-22(13-20(35-24)14-25(33)30-15-19-3-1-2-8-29-19)21-12-18(4-5-23(21)36-27)31-26(34)11-17-6-9-28-10-7-17/h1-10,12,20,22,24,27,32H,11,13-16H2,(H,30,33)(H,31,34)/t20-,22+,24+,27-/m0/s1. The summed E-state index contributed by atoms with van der Waals surface area (Å²) in [6.45, 7) is 0.132. The van der Waals surface area contributed by atoms with Gasteiger partial charge >= 0.3 is 0 Å². The molecule has 3 aromatic rings. The molecule has 4 heterocycles. The maximum Gasteiger partial charge on any atom is 0.228 e. The average molecular weight is 489 g/mol. The Morgan fingerprint density at radius 2 is 1.92 bits per heavy atom. The van der Waals surface area contributed by atoms with E-state index >= 15 is 0 Å². The molecule has 9 nitrogen and oxygen atoms in total. The number of benzene rings is 1. The van der Waals surface area contributed by atoms with Crippen molar-refractivity contribution in [1.82, 2.24) is 15.3 Å². The maximum atomic E-state index is 12.6. The largest absolute Gasteiger partial charge is 0.487 e. The van der Waals surface area contributed by atoms with Crippen LogP contribution in [-0.4, -0.2) is 51.8 Å². The lowest BCUT2D eigenvalue weighted by Gasteiger charge is -2.37. The van der Waals surface area contributed by atoms with E-state index in [1.807, 2.05) is 42.5 Å². The lowest BCUT2D eigenvalue weighted by molar-refractivity contribution is -0.142. The van der Waals surface area contributed by atoms with Gasteiger partial charge in [0, 0.05) is 35.8 Å². The van der Waals surface area contributed by atoms with Crippen LogP contribution in [0.3, 0.4) is 0 Å². The van der Waals surface area contributed by atoms with Crippen LogP contribution in [0.2, 0.25) is 0 Å². The highest BCUT2D eigenvalue weighted by atomic mass is 16.6. The molecule has 2 amide bonds. The van der Waals surface area contributed by atoms with Crippen LogP contribution in [0.4, 0.5) is 5.69 Å². The van der Waals surface area contributed by atoms with Crippen molar-refractivity contribution in [3.05, 3.63) is 83.9 Å². The van der Waals surface area contributed by atoms with Gasteiger partial charge in [-0.3, -0.25) is 19.6 Å². The molecule has 9 heteroatoms. The molecule has 1 fully saturated rings. The summed E-state index contributed by atoms with van der Waals surface area (Å²) in [7, 11) is 0. The van der Waals surface area contributed by atoms with Crippen LogP contribution in [0.5, 0.6) is 5.75 Å². The fraction of sp³-hybridized carbons (Fsp3) is 0.333. The first-order valence-electron chi connectivity index (χ1n) is 12.0. The van der Waals surface area contributed by atoms with Crippen molar-refractivity contribution < 1.29 is 24.2 Å². The van der Waals surface area contributed by atoms with Crippen molar-refractivity contribution >= 4 is 17.5 Å². The number of rotatable bonds is 8. The number of pyridine rings is 2. The Bertz CT molecular complexity index is 1210. The molecule has 186 valence electrons. The van der Waals surface area contributed by atoms with Crippen molar-refractivity contribution in [3.8, 4) is 5.75 Å². The van der Waals surface area contributed by atoms with Crippen LogP contribution < -0.4 is 15.4 Å². The Hall–Kier alpha value is -3.82. The Balaban J connectivity index is 1.24. The zero-order valence-corrected chi connectivity index (χ0v) is 19.7. The van der Waals surface area contributed by atoms with E-state index in [4.69, 9.17) is 9.47 Å². The first kappa shape index (κ1) is 23.9. The van der Waals surface area contributed by atoms with E-state index in [-0.39, 0.29) is 49.4 Å². The molecule has 36 heavy (non-hydrogen) atoms. The molecule has 1 aromatic carbocycles. The molecule has 2 aromatic heterocycles. The predicted molar refractivity (Wildman–Crippen MR) is 131 cm³/mol. The molecule has 0 bridgehead atoms. The van der Waals surface area contributed by atoms with Crippen molar-refractivity contribution in [2.45, 2.75) is 50.0 Å². The lowest BCUT2D eigenvalue weighted by atomic mass is 9.84. The van der Waals surface area contributed by atoms with E-state index in [1.165, 1.54) is 0 Å². The average Bonchev–Trinajstić information content (AvgIpc) is 3.26. The molecule has 0 aliphatic carbocycles. The van der Waals surface area contributed by atoms with E-state index in [1.54, 1.807) is 24.7 Å². The summed E-state index contributed by atoms with van der Waals surface area (Å²) in [5.74, 6) is 0.382. The Morgan fingerprint density at radius 3 is 2.69 bits per heavy atom. The molecule has 2 aliphatic heterocycles. The first-order valence-corrected chi connectivity index (χ1v) is 12.0. The summed E-state index contributed by atoms with van der Waals surface area (Å²) in [6, 6.07) is 14.7. The number of hydrogen-bond acceptors (Lipinski definition) is 7. The number of aliphatic hydroxyl groups excluding tert-OH is 1. The van der Waals surface area contributed by atoms with E-state index in [0.717, 1.165) is 16.8 Å². The molecule has 0 saturated carbocycles. The highest BCUT2D eigenvalue weighted by Crippen LogP contribution is 2.47. The highest BCUT2D eigenvalue weighted by molar-refractivity contribution is 5.92. The fourth-order valence-corrected chi connectivity index (χ4v) is 4.83. The summed E-state index contributed by atoms with van der Waals surface area (Å²) in [5, 5.41) is 15.8. The van der Waals surface area contributed by atoms with Crippen LogP contribution in [0.25, 0.3) is 0 Å². The highest BCUT2D eigenvalue weighted by Gasteiger charge is 2.46. The number of nitrogens with one attached hydrogen (secondary N) is 2.